The Morgan fingerprint density at radius 3 is 1.98 bits per heavy atom. The number of aromatic hydroxyl groups is 1. The van der Waals surface area contributed by atoms with E-state index < -0.39 is 0 Å². The highest BCUT2D eigenvalue weighted by Gasteiger charge is 2.56. The molecule has 0 unspecified atom stereocenters. The third-order valence-corrected chi connectivity index (χ3v) is 14.4. The smallest absolute Gasteiger partial charge is 0.310 e. The fourth-order valence-corrected chi connectivity index (χ4v) is 11.8. The van der Waals surface area contributed by atoms with Crippen molar-refractivity contribution >= 4 is 11.9 Å². The van der Waals surface area contributed by atoms with E-state index in [4.69, 9.17) is 9.47 Å². The molecule has 0 aromatic heterocycles. The summed E-state index contributed by atoms with van der Waals surface area (Å²) in [5.41, 5.74) is 5.91. The average Bonchev–Trinajstić information content (AvgIpc) is 3.59. The molecule has 4 fully saturated rings. The molecule has 6 heteroatoms. The number of benzene rings is 2. The SMILES string of the molecule is CCC(=O)Oc1ccc2c(c1)CC[C@@H]1[C@@H]2CC[C@]2(C)[C@@H](OC(=O)CC)CC[C@@H]12.C[C@]12CC[C@@H]3c4ccc(O)cc4CC[C@H]3[C@@H]1CC[C@@H]2O. The zero-order valence-electron chi connectivity index (χ0n) is 29.5. The van der Waals surface area contributed by atoms with Gasteiger partial charge in [0.15, 0.2) is 0 Å². The third-order valence-electron chi connectivity index (χ3n) is 14.4. The van der Waals surface area contributed by atoms with Crippen LogP contribution >= 0.6 is 0 Å². The van der Waals surface area contributed by atoms with E-state index in [2.05, 4.69) is 32.0 Å². The van der Waals surface area contributed by atoms with E-state index in [0.717, 1.165) is 50.9 Å². The van der Waals surface area contributed by atoms with Gasteiger partial charge in [0.2, 0.25) is 0 Å². The van der Waals surface area contributed by atoms with Gasteiger partial charge in [0.25, 0.3) is 0 Å². The molecule has 0 amide bonds. The zero-order chi connectivity index (χ0) is 33.8. The molecule has 0 spiro atoms. The summed E-state index contributed by atoms with van der Waals surface area (Å²) in [6, 6.07) is 12.2. The van der Waals surface area contributed by atoms with E-state index >= 15 is 0 Å². The quantitative estimate of drug-likeness (QED) is 0.252. The molecule has 4 saturated carbocycles. The molecule has 0 saturated heterocycles. The molecule has 6 nitrogen and oxygen atoms in total. The zero-order valence-corrected chi connectivity index (χ0v) is 29.5. The minimum Gasteiger partial charge on any atom is -0.508 e. The van der Waals surface area contributed by atoms with Crippen LogP contribution < -0.4 is 4.74 Å². The molecule has 0 radical (unpaired) electrons. The molecule has 6 aliphatic rings. The monoisotopic (exact) mass is 656 g/mol. The maximum absolute atomic E-state index is 11.9. The Labute approximate surface area is 287 Å². The van der Waals surface area contributed by atoms with Crippen LogP contribution in [0.3, 0.4) is 0 Å². The van der Waals surface area contributed by atoms with E-state index in [9.17, 15) is 19.8 Å². The molecule has 8 rings (SSSR count). The number of carbonyl (C=O) groups excluding carboxylic acids is 2. The molecule has 10 atom stereocenters. The van der Waals surface area contributed by atoms with Crippen molar-refractivity contribution in [3.8, 4) is 11.5 Å². The maximum Gasteiger partial charge on any atom is 0.310 e. The van der Waals surface area contributed by atoms with E-state index in [-0.39, 0.29) is 35.0 Å². The van der Waals surface area contributed by atoms with Crippen LogP contribution in [0.1, 0.15) is 139 Å². The normalized spacial score (nSPS) is 37.3. The summed E-state index contributed by atoms with van der Waals surface area (Å²) in [7, 11) is 0. The molecule has 6 aliphatic carbocycles. The van der Waals surface area contributed by atoms with Crippen molar-refractivity contribution < 1.29 is 29.3 Å². The summed E-state index contributed by atoms with van der Waals surface area (Å²) < 4.78 is 11.3. The number of aryl methyl sites for hydroxylation is 2. The van der Waals surface area contributed by atoms with Crippen molar-refractivity contribution in [3.05, 3.63) is 58.7 Å². The first-order valence-electron chi connectivity index (χ1n) is 19.1. The Bertz CT molecular complexity index is 1530. The topological polar surface area (TPSA) is 93.1 Å². The summed E-state index contributed by atoms with van der Waals surface area (Å²) in [5, 5.41) is 20.0. The number of hydrogen-bond donors (Lipinski definition) is 2. The lowest BCUT2D eigenvalue weighted by Gasteiger charge is -2.50. The standard InChI is InChI=1S/C24H32O4.C18H24O2/c1-4-22(25)27-16-7-9-17-15(14-16)6-8-19-18(17)12-13-24(3)20(19)10-11-21(24)28-23(26)5-2;1-18-9-8-14-13-5-3-12(19)10-11(13)2-4-15(14)16(18)6-7-17(18)20/h7,9,14,18-21H,4-6,8,10-13H2,1-3H3;3,5,10,14-17,19-20H,2,4,6-9H2,1H3/t18-,19-,20+,21+,24+;14-,15-,16+,17+,18+/m11/s1. The Morgan fingerprint density at radius 2 is 1.31 bits per heavy atom. The van der Waals surface area contributed by atoms with E-state index in [1.807, 2.05) is 32.0 Å². The summed E-state index contributed by atoms with van der Waals surface area (Å²) in [4.78, 5) is 23.5. The maximum atomic E-state index is 11.9. The van der Waals surface area contributed by atoms with Crippen LogP contribution in [0.4, 0.5) is 0 Å². The molecule has 0 bridgehead atoms. The Kier molecular flexibility index (Phi) is 9.19. The number of aliphatic hydroxyl groups is 1. The fourth-order valence-electron chi connectivity index (χ4n) is 11.8. The second-order valence-corrected chi connectivity index (χ2v) is 16.5. The van der Waals surface area contributed by atoms with Gasteiger partial charge in [-0.1, -0.05) is 39.8 Å². The number of phenolic OH excluding ortho intramolecular Hbond substituents is 1. The minimum absolute atomic E-state index is 0.0582. The summed E-state index contributed by atoms with van der Waals surface area (Å²) >= 11 is 0. The van der Waals surface area contributed by atoms with Crippen molar-refractivity contribution in [2.75, 3.05) is 0 Å². The van der Waals surface area contributed by atoms with Gasteiger partial charge in [-0.3, -0.25) is 9.59 Å². The Hall–Kier alpha value is -2.86. The summed E-state index contributed by atoms with van der Waals surface area (Å²) in [6.07, 6.45) is 14.4. The average molecular weight is 657 g/mol. The molecule has 2 aromatic carbocycles. The van der Waals surface area contributed by atoms with Crippen LogP contribution in [-0.4, -0.2) is 34.4 Å². The fraction of sp³-hybridized carbons (Fsp3) is 0.667. The van der Waals surface area contributed by atoms with Gasteiger partial charge >= 0.3 is 11.9 Å². The molecular weight excluding hydrogens is 600 g/mol. The lowest BCUT2D eigenvalue weighted by Crippen LogP contribution is -2.45. The number of phenols is 1. The van der Waals surface area contributed by atoms with Crippen LogP contribution in [0, 0.1) is 34.5 Å². The largest absolute Gasteiger partial charge is 0.508 e. The molecule has 0 heterocycles. The van der Waals surface area contributed by atoms with Crippen molar-refractivity contribution in [2.24, 2.45) is 34.5 Å². The first kappa shape index (κ1) is 33.6. The van der Waals surface area contributed by atoms with Gasteiger partial charge in [0.05, 0.1) is 6.10 Å². The van der Waals surface area contributed by atoms with Gasteiger partial charge in [0.1, 0.15) is 17.6 Å². The summed E-state index contributed by atoms with van der Waals surface area (Å²) in [5.74, 6) is 4.81. The predicted molar refractivity (Wildman–Crippen MR) is 186 cm³/mol. The van der Waals surface area contributed by atoms with Crippen molar-refractivity contribution in [1.29, 1.82) is 0 Å². The van der Waals surface area contributed by atoms with Gasteiger partial charge < -0.3 is 19.7 Å². The highest BCUT2D eigenvalue weighted by Crippen LogP contribution is 2.62. The number of fused-ring (bicyclic) bond motifs is 10. The second kappa shape index (κ2) is 13.1. The van der Waals surface area contributed by atoms with Gasteiger partial charge in [0, 0.05) is 18.3 Å². The van der Waals surface area contributed by atoms with Crippen molar-refractivity contribution in [1.82, 2.24) is 0 Å². The number of esters is 2. The number of carbonyl (C=O) groups is 2. The molecular formula is C42H56O6. The van der Waals surface area contributed by atoms with Gasteiger partial charge in [-0.15, -0.1) is 0 Å². The van der Waals surface area contributed by atoms with Crippen LogP contribution in [-0.2, 0) is 27.2 Å². The van der Waals surface area contributed by atoms with Crippen molar-refractivity contribution in [2.45, 2.75) is 142 Å². The highest BCUT2D eigenvalue weighted by atomic mass is 16.5. The first-order valence-corrected chi connectivity index (χ1v) is 19.1. The van der Waals surface area contributed by atoms with Crippen molar-refractivity contribution in [3.63, 3.8) is 0 Å². The third kappa shape index (κ3) is 5.78. The van der Waals surface area contributed by atoms with E-state index in [1.54, 1.807) is 0 Å². The summed E-state index contributed by atoms with van der Waals surface area (Å²) in [6.45, 7) is 8.37. The Morgan fingerprint density at radius 1 is 0.729 bits per heavy atom. The lowest BCUT2D eigenvalue weighted by molar-refractivity contribution is -0.157. The van der Waals surface area contributed by atoms with Crippen LogP contribution in [0.25, 0.3) is 0 Å². The van der Waals surface area contributed by atoms with Gasteiger partial charge in [-0.2, -0.15) is 0 Å². The van der Waals surface area contributed by atoms with Crippen LogP contribution in [0.5, 0.6) is 11.5 Å². The number of ether oxygens (including phenoxy) is 2. The molecule has 2 aromatic rings. The number of aliphatic hydroxyl groups excluding tert-OH is 1. The minimum atomic E-state index is -0.180. The molecule has 260 valence electrons. The van der Waals surface area contributed by atoms with Gasteiger partial charge in [-0.05, 0) is 164 Å². The highest BCUT2D eigenvalue weighted by molar-refractivity contribution is 5.72. The van der Waals surface area contributed by atoms with Crippen LogP contribution in [0.15, 0.2) is 36.4 Å². The molecule has 2 N–H and O–H groups in total. The number of rotatable bonds is 4. The van der Waals surface area contributed by atoms with Crippen LogP contribution in [0.2, 0.25) is 0 Å². The molecule has 48 heavy (non-hydrogen) atoms. The first-order chi connectivity index (χ1) is 23.1. The molecule has 0 aliphatic heterocycles. The Balaban J connectivity index is 0.000000160. The van der Waals surface area contributed by atoms with Gasteiger partial charge in [-0.25, -0.2) is 0 Å². The second-order valence-electron chi connectivity index (χ2n) is 16.5. The lowest BCUT2D eigenvalue weighted by atomic mass is 9.55. The number of hydrogen-bond acceptors (Lipinski definition) is 6. The predicted octanol–water partition coefficient (Wildman–Crippen LogP) is 8.79. The van der Waals surface area contributed by atoms with E-state index in [0.29, 0.717) is 53.9 Å². The van der Waals surface area contributed by atoms with E-state index in [1.165, 1.54) is 54.4 Å².